The highest BCUT2D eigenvalue weighted by atomic mass is 32.2. The van der Waals surface area contributed by atoms with E-state index in [1.54, 1.807) is 6.07 Å². The maximum atomic E-state index is 12.1. The van der Waals surface area contributed by atoms with Crippen molar-refractivity contribution >= 4 is 15.8 Å². The molecule has 0 spiro atoms. The van der Waals surface area contributed by atoms with E-state index < -0.39 is 10.0 Å². The summed E-state index contributed by atoms with van der Waals surface area (Å²) in [5.74, 6) is 0.407. The number of unbranched alkanes of at least 4 members (excludes halogenated alkanes) is 1. The number of aromatic nitrogens is 1. The topological polar surface area (TPSA) is 85.1 Å². The summed E-state index contributed by atoms with van der Waals surface area (Å²) in [6, 6.07) is 3.04. The summed E-state index contributed by atoms with van der Waals surface area (Å²) in [7, 11) is -3.56. The third kappa shape index (κ3) is 4.80. The molecule has 1 aromatic rings. The molecule has 108 valence electrons. The van der Waals surface area contributed by atoms with E-state index in [0.29, 0.717) is 12.5 Å². The molecular weight excluding hydrogens is 262 g/mol. The monoisotopic (exact) mass is 285 g/mol. The molecule has 1 heterocycles. The van der Waals surface area contributed by atoms with Gasteiger partial charge in [-0.1, -0.05) is 33.1 Å². The normalized spacial score (nSPS) is 13.4. The van der Waals surface area contributed by atoms with Crippen LogP contribution < -0.4 is 10.5 Å². The first-order chi connectivity index (χ1) is 9.01. The average molecular weight is 285 g/mol. The van der Waals surface area contributed by atoms with Gasteiger partial charge >= 0.3 is 0 Å². The van der Waals surface area contributed by atoms with E-state index in [4.69, 9.17) is 5.73 Å². The van der Waals surface area contributed by atoms with Crippen LogP contribution in [0.2, 0.25) is 0 Å². The highest BCUT2D eigenvalue weighted by molar-refractivity contribution is 7.89. The number of rotatable bonds is 8. The van der Waals surface area contributed by atoms with Gasteiger partial charge in [0.2, 0.25) is 10.0 Å². The molecule has 5 nitrogen and oxygen atoms in total. The number of nitrogens with zero attached hydrogens (tertiary/aromatic N) is 1. The first kappa shape index (κ1) is 15.9. The zero-order valence-corrected chi connectivity index (χ0v) is 12.4. The lowest BCUT2D eigenvalue weighted by Gasteiger charge is -2.15. The number of nitrogen functional groups attached to an aromatic ring is 1. The van der Waals surface area contributed by atoms with Crippen molar-refractivity contribution in [3.05, 3.63) is 18.3 Å². The summed E-state index contributed by atoms with van der Waals surface area (Å²) < 4.78 is 26.9. The molecule has 19 heavy (non-hydrogen) atoms. The van der Waals surface area contributed by atoms with Gasteiger partial charge in [0.05, 0.1) is 0 Å². The van der Waals surface area contributed by atoms with Crippen LogP contribution in [0.5, 0.6) is 0 Å². The minimum absolute atomic E-state index is 0.0385. The number of hydrogen-bond donors (Lipinski definition) is 2. The molecule has 1 unspecified atom stereocenters. The van der Waals surface area contributed by atoms with Crippen LogP contribution in [0.15, 0.2) is 23.2 Å². The molecule has 0 aliphatic heterocycles. The number of sulfonamides is 1. The van der Waals surface area contributed by atoms with E-state index in [-0.39, 0.29) is 10.7 Å². The Morgan fingerprint density at radius 3 is 2.74 bits per heavy atom. The lowest BCUT2D eigenvalue weighted by atomic mass is 10.00. The molecule has 6 heteroatoms. The third-order valence-electron chi connectivity index (χ3n) is 3.19. The molecule has 0 aliphatic carbocycles. The Bertz CT molecular complexity index is 488. The van der Waals surface area contributed by atoms with Gasteiger partial charge in [-0.15, -0.1) is 0 Å². The van der Waals surface area contributed by atoms with Crippen molar-refractivity contribution in [1.29, 1.82) is 0 Å². The smallest absolute Gasteiger partial charge is 0.244 e. The fourth-order valence-electron chi connectivity index (χ4n) is 1.88. The van der Waals surface area contributed by atoms with Crippen LogP contribution in [-0.2, 0) is 10.0 Å². The van der Waals surface area contributed by atoms with Crippen molar-refractivity contribution in [3.8, 4) is 0 Å². The fourth-order valence-corrected chi connectivity index (χ4v) is 3.08. The van der Waals surface area contributed by atoms with Crippen molar-refractivity contribution in [2.45, 2.75) is 44.4 Å². The minimum atomic E-state index is -3.56. The van der Waals surface area contributed by atoms with Crippen molar-refractivity contribution in [3.63, 3.8) is 0 Å². The van der Waals surface area contributed by atoms with Gasteiger partial charge in [0.25, 0.3) is 0 Å². The van der Waals surface area contributed by atoms with Crippen molar-refractivity contribution in [2.24, 2.45) is 5.92 Å². The van der Waals surface area contributed by atoms with Crippen LogP contribution in [0.3, 0.4) is 0 Å². The Hall–Kier alpha value is -1.14. The second kappa shape index (κ2) is 7.45. The highest BCUT2D eigenvalue weighted by Crippen LogP contribution is 2.16. The Labute approximate surface area is 115 Å². The van der Waals surface area contributed by atoms with E-state index in [1.165, 1.54) is 12.3 Å². The van der Waals surface area contributed by atoms with Gasteiger partial charge in [-0.25, -0.2) is 18.1 Å². The van der Waals surface area contributed by atoms with E-state index in [1.807, 2.05) is 0 Å². The molecule has 0 saturated heterocycles. The molecule has 1 atom stereocenters. The van der Waals surface area contributed by atoms with Crippen LogP contribution in [-0.4, -0.2) is 19.9 Å². The van der Waals surface area contributed by atoms with Gasteiger partial charge in [-0.05, 0) is 24.5 Å². The van der Waals surface area contributed by atoms with Crippen LogP contribution in [0.25, 0.3) is 0 Å². The van der Waals surface area contributed by atoms with Crippen LogP contribution >= 0.6 is 0 Å². The van der Waals surface area contributed by atoms with Gasteiger partial charge in [-0.2, -0.15) is 0 Å². The number of hydrogen-bond acceptors (Lipinski definition) is 4. The predicted molar refractivity (Wildman–Crippen MR) is 77.1 cm³/mol. The molecule has 0 aliphatic rings. The van der Waals surface area contributed by atoms with E-state index in [9.17, 15) is 8.42 Å². The van der Waals surface area contributed by atoms with Crippen molar-refractivity contribution < 1.29 is 8.42 Å². The van der Waals surface area contributed by atoms with Crippen LogP contribution in [0.4, 0.5) is 5.82 Å². The molecule has 0 amide bonds. The molecular formula is C13H23N3O2S. The first-order valence-electron chi connectivity index (χ1n) is 6.71. The fraction of sp³-hybridized carbons (Fsp3) is 0.615. The summed E-state index contributed by atoms with van der Waals surface area (Å²) in [5, 5.41) is 0. The van der Waals surface area contributed by atoms with Crippen molar-refractivity contribution in [1.82, 2.24) is 9.71 Å². The minimum Gasteiger partial charge on any atom is -0.383 e. The predicted octanol–water partition coefficient (Wildman–Crippen LogP) is 2.16. The zero-order chi connectivity index (χ0) is 14.3. The molecule has 0 fully saturated rings. The number of pyridine rings is 1. The Balaban J connectivity index is 2.67. The van der Waals surface area contributed by atoms with Gasteiger partial charge in [0.15, 0.2) is 0 Å². The zero-order valence-electron chi connectivity index (χ0n) is 11.6. The molecule has 3 N–H and O–H groups in total. The summed E-state index contributed by atoms with van der Waals surface area (Å²) in [6.45, 7) is 4.66. The molecule has 1 aromatic heterocycles. The number of nitrogens with two attached hydrogens (primary N) is 1. The SMILES string of the molecule is CCCCC(CC)CNS(=O)(=O)c1cccnc1N. The molecule has 0 bridgehead atoms. The largest absolute Gasteiger partial charge is 0.383 e. The summed E-state index contributed by atoms with van der Waals surface area (Å²) in [5.41, 5.74) is 5.60. The van der Waals surface area contributed by atoms with Gasteiger partial charge < -0.3 is 5.73 Å². The Kier molecular flexibility index (Phi) is 6.24. The Morgan fingerprint density at radius 1 is 1.42 bits per heavy atom. The summed E-state index contributed by atoms with van der Waals surface area (Å²) in [6.07, 6.45) is 5.72. The summed E-state index contributed by atoms with van der Waals surface area (Å²) in [4.78, 5) is 3.86. The second-order valence-electron chi connectivity index (χ2n) is 4.66. The second-order valence-corrected chi connectivity index (χ2v) is 6.39. The third-order valence-corrected chi connectivity index (χ3v) is 4.67. The van der Waals surface area contributed by atoms with E-state index in [0.717, 1.165) is 25.7 Å². The number of anilines is 1. The summed E-state index contributed by atoms with van der Waals surface area (Å²) >= 11 is 0. The molecule has 0 radical (unpaired) electrons. The molecule has 0 saturated carbocycles. The average Bonchev–Trinajstić information content (AvgIpc) is 2.39. The van der Waals surface area contributed by atoms with E-state index >= 15 is 0 Å². The Morgan fingerprint density at radius 2 is 2.16 bits per heavy atom. The van der Waals surface area contributed by atoms with Gasteiger partial charge in [-0.3, -0.25) is 0 Å². The molecule has 0 aromatic carbocycles. The highest BCUT2D eigenvalue weighted by Gasteiger charge is 2.19. The van der Waals surface area contributed by atoms with Gasteiger partial charge in [0, 0.05) is 12.7 Å². The van der Waals surface area contributed by atoms with Crippen LogP contribution in [0, 0.1) is 5.92 Å². The number of nitrogens with one attached hydrogen (secondary N) is 1. The maximum absolute atomic E-state index is 12.1. The maximum Gasteiger partial charge on any atom is 0.244 e. The first-order valence-corrected chi connectivity index (χ1v) is 8.19. The van der Waals surface area contributed by atoms with Crippen LogP contribution in [0.1, 0.15) is 39.5 Å². The molecule has 1 rings (SSSR count). The van der Waals surface area contributed by atoms with Gasteiger partial charge in [0.1, 0.15) is 10.7 Å². The van der Waals surface area contributed by atoms with Crippen molar-refractivity contribution in [2.75, 3.05) is 12.3 Å². The lowest BCUT2D eigenvalue weighted by molar-refractivity contribution is 0.444. The standard InChI is InChI=1S/C13H23N3O2S/c1-3-5-7-11(4-2)10-16-19(17,18)12-8-6-9-15-13(12)14/h6,8-9,11,16H,3-5,7,10H2,1-2H3,(H2,14,15). The lowest BCUT2D eigenvalue weighted by Crippen LogP contribution is -2.30. The van der Waals surface area contributed by atoms with E-state index in [2.05, 4.69) is 23.6 Å². The quantitative estimate of drug-likeness (QED) is 0.766.